The molecular formula is C33H52ClN5O2. The van der Waals surface area contributed by atoms with Crippen molar-refractivity contribution in [2.75, 3.05) is 26.2 Å². The number of carbonyl (C=O) groups excluding carboxylic acids is 2. The van der Waals surface area contributed by atoms with Crippen molar-refractivity contribution in [1.82, 2.24) is 25.3 Å². The zero-order valence-corrected chi connectivity index (χ0v) is 26.1. The average Bonchev–Trinajstić information content (AvgIpc) is 3.13. The molecule has 5 rings (SSSR count). The van der Waals surface area contributed by atoms with Gasteiger partial charge in [0.2, 0.25) is 5.91 Å². The molecule has 228 valence electrons. The van der Waals surface area contributed by atoms with Crippen LogP contribution in [0.4, 0.5) is 4.79 Å². The number of carbonyl (C=O) groups is 2. The number of rotatable bonds is 9. The Morgan fingerprint density at radius 3 is 2.24 bits per heavy atom. The third-order valence-corrected chi connectivity index (χ3v) is 10.5. The van der Waals surface area contributed by atoms with Crippen LogP contribution in [0.1, 0.15) is 96.5 Å². The summed E-state index contributed by atoms with van der Waals surface area (Å²) < 4.78 is 0. The van der Waals surface area contributed by atoms with Crippen molar-refractivity contribution in [1.29, 1.82) is 0 Å². The second kappa shape index (κ2) is 14.6. The lowest BCUT2D eigenvalue weighted by atomic mass is 9.89. The molecule has 1 aliphatic carbocycles. The number of halogens is 1. The highest BCUT2D eigenvalue weighted by Gasteiger charge is 2.48. The Morgan fingerprint density at radius 1 is 0.902 bits per heavy atom. The normalized spacial score (nSPS) is 27.7. The van der Waals surface area contributed by atoms with E-state index in [4.69, 9.17) is 11.6 Å². The number of hydrogen-bond acceptors (Lipinski definition) is 4. The summed E-state index contributed by atoms with van der Waals surface area (Å²) in [6.45, 7) is 7.71. The highest BCUT2D eigenvalue weighted by Crippen LogP contribution is 2.40. The third kappa shape index (κ3) is 7.40. The fraction of sp³-hybridized carbons (Fsp3) is 0.758. The summed E-state index contributed by atoms with van der Waals surface area (Å²) in [6, 6.07) is 9.28. The molecule has 4 atom stereocenters. The standard InChI is InChI=1S/C33H52ClN5O2/c1-3-37(4-2)33(41)39(27-10-6-5-7-11-27)30-22-28-16-17-29(23-30)38(28)32(40)31(21-24-12-14-25(34)15-13-24)36-26-9-8-19-35-20-18-26/h12-15,26-31,35-36H,3-11,16-23H2,1-2H3/t26?,28?,29?,30?,31-/m0/s1. The van der Waals surface area contributed by atoms with Gasteiger partial charge in [0.25, 0.3) is 0 Å². The van der Waals surface area contributed by atoms with E-state index >= 15 is 0 Å². The van der Waals surface area contributed by atoms with E-state index in [1.165, 1.54) is 19.3 Å². The second-order valence-corrected chi connectivity index (χ2v) is 13.3. The van der Waals surface area contributed by atoms with Gasteiger partial charge in [0.05, 0.1) is 6.04 Å². The van der Waals surface area contributed by atoms with E-state index in [1.807, 2.05) is 17.0 Å². The Kier molecular flexibility index (Phi) is 10.9. The van der Waals surface area contributed by atoms with E-state index < -0.39 is 0 Å². The molecule has 4 fully saturated rings. The van der Waals surface area contributed by atoms with Gasteiger partial charge in [0.1, 0.15) is 0 Å². The Morgan fingerprint density at radius 2 is 1.59 bits per heavy atom. The number of nitrogens with one attached hydrogen (secondary N) is 2. The smallest absolute Gasteiger partial charge is 0.320 e. The van der Waals surface area contributed by atoms with Gasteiger partial charge < -0.3 is 25.3 Å². The van der Waals surface area contributed by atoms with E-state index in [2.05, 4.69) is 46.4 Å². The first-order chi connectivity index (χ1) is 20.0. The van der Waals surface area contributed by atoms with Crippen molar-refractivity contribution in [3.05, 3.63) is 34.9 Å². The molecule has 3 heterocycles. The first-order valence-electron chi connectivity index (χ1n) is 16.6. The molecule has 1 saturated carbocycles. The number of fused-ring (bicyclic) bond motifs is 2. The number of nitrogens with zero attached hydrogens (tertiary/aromatic N) is 3. The quantitative estimate of drug-likeness (QED) is 0.396. The Labute approximate surface area is 252 Å². The van der Waals surface area contributed by atoms with Crippen molar-refractivity contribution >= 4 is 23.5 Å². The van der Waals surface area contributed by atoms with E-state index in [0.29, 0.717) is 18.5 Å². The zero-order valence-electron chi connectivity index (χ0n) is 25.3. The fourth-order valence-electron chi connectivity index (χ4n) is 8.09. The number of benzene rings is 1. The molecule has 3 saturated heterocycles. The van der Waals surface area contributed by atoms with E-state index in [9.17, 15) is 9.59 Å². The average molecular weight is 586 g/mol. The van der Waals surface area contributed by atoms with Crippen LogP contribution < -0.4 is 10.6 Å². The van der Waals surface area contributed by atoms with Gasteiger partial charge in [0.15, 0.2) is 0 Å². The summed E-state index contributed by atoms with van der Waals surface area (Å²) in [5, 5.41) is 8.05. The van der Waals surface area contributed by atoms with Gasteiger partial charge in [-0.05, 0) is 109 Å². The number of piperidine rings is 1. The molecule has 3 amide bonds. The van der Waals surface area contributed by atoms with Crippen molar-refractivity contribution in [3.8, 4) is 0 Å². The minimum atomic E-state index is -0.245. The van der Waals surface area contributed by atoms with Crippen molar-refractivity contribution in [2.45, 2.75) is 134 Å². The molecule has 7 nitrogen and oxygen atoms in total. The molecule has 0 aromatic heterocycles. The highest BCUT2D eigenvalue weighted by molar-refractivity contribution is 6.30. The predicted molar refractivity (Wildman–Crippen MR) is 166 cm³/mol. The molecule has 0 spiro atoms. The number of hydrogen-bond donors (Lipinski definition) is 2. The summed E-state index contributed by atoms with van der Waals surface area (Å²) in [7, 11) is 0. The van der Waals surface area contributed by atoms with Crippen LogP contribution in [0.15, 0.2) is 24.3 Å². The SMILES string of the molecule is CCN(CC)C(=O)N(C1CCCCC1)C1CC2CCC(C1)N2C(=O)[C@H](Cc1ccc(Cl)cc1)NC1CCCNCC1. The molecule has 2 N–H and O–H groups in total. The lowest BCUT2D eigenvalue weighted by Gasteiger charge is -2.48. The Bertz CT molecular complexity index is 974. The Hall–Kier alpha value is -1.83. The van der Waals surface area contributed by atoms with Crippen LogP contribution in [-0.2, 0) is 11.2 Å². The molecule has 1 aromatic carbocycles. The zero-order chi connectivity index (χ0) is 28.8. The summed E-state index contributed by atoms with van der Waals surface area (Å²) in [6.07, 6.45) is 13.8. The van der Waals surface area contributed by atoms with E-state index in [0.717, 1.165) is 94.6 Å². The van der Waals surface area contributed by atoms with Gasteiger partial charge in [0, 0.05) is 48.3 Å². The largest absolute Gasteiger partial charge is 0.335 e. The van der Waals surface area contributed by atoms with Gasteiger partial charge >= 0.3 is 6.03 Å². The highest BCUT2D eigenvalue weighted by atomic mass is 35.5. The second-order valence-electron chi connectivity index (χ2n) is 12.8. The molecule has 8 heteroatoms. The summed E-state index contributed by atoms with van der Waals surface area (Å²) in [4.78, 5) is 34.9. The van der Waals surface area contributed by atoms with Crippen LogP contribution in [0.2, 0.25) is 5.02 Å². The lowest BCUT2D eigenvalue weighted by Crippen LogP contribution is -2.61. The molecule has 0 radical (unpaired) electrons. The maximum absolute atomic E-state index is 14.4. The number of amides is 3. The van der Waals surface area contributed by atoms with Crippen LogP contribution in [0.3, 0.4) is 0 Å². The van der Waals surface area contributed by atoms with Crippen LogP contribution in [0, 0.1) is 0 Å². The van der Waals surface area contributed by atoms with Crippen LogP contribution in [-0.4, -0.2) is 89.1 Å². The van der Waals surface area contributed by atoms with Crippen LogP contribution >= 0.6 is 11.6 Å². The minimum Gasteiger partial charge on any atom is -0.335 e. The first kappa shape index (κ1) is 30.6. The molecule has 1 aromatic rings. The molecule has 3 unspecified atom stereocenters. The van der Waals surface area contributed by atoms with E-state index in [1.54, 1.807) is 0 Å². The monoisotopic (exact) mass is 585 g/mol. The maximum atomic E-state index is 14.4. The Balaban J connectivity index is 1.34. The van der Waals surface area contributed by atoms with Gasteiger partial charge in [-0.3, -0.25) is 4.79 Å². The molecule has 2 bridgehead atoms. The van der Waals surface area contributed by atoms with E-state index in [-0.39, 0.29) is 36.1 Å². The molecular weight excluding hydrogens is 534 g/mol. The van der Waals surface area contributed by atoms with Crippen LogP contribution in [0.5, 0.6) is 0 Å². The van der Waals surface area contributed by atoms with Crippen molar-refractivity contribution in [2.24, 2.45) is 0 Å². The minimum absolute atomic E-state index is 0.215. The van der Waals surface area contributed by atoms with Gasteiger partial charge in [-0.2, -0.15) is 0 Å². The lowest BCUT2D eigenvalue weighted by molar-refractivity contribution is -0.139. The van der Waals surface area contributed by atoms with Gasteiger partial charge in [-0.15, -0.1) is 0 Å². The third-order valence-electron chi connectivity index (χ3n) is 10.2. The molecule has 4 aliphatic rings. The van der Waals surface area contributed by atoms with Gasteiger partial charge in [-0.25, -0.2) is 4.79 Å². The van der Waals surface area contributed by atoms with Crippen LogP contribution in [0.25, 0.3) is 0 Å². The number of urea groups is 1. The maximum Gasteiger partial charge on any atom is 0.320 e. The van der Waals surface area contributed by atoms with Gasteiger partial charge in [-0.1, -0.05) is 43.0 Å². The topological polar surface area (TPSA) is 67.9 Å². The summed E-state index contributed by atoms with van der Waals surface area (Å²) >= 11 is 6.18. The summed E-state index contributed by atoms with van der Waals surface area (Å²) in [5.74, 6) is 0.252. The van der Waals surface area contributed by atoms with Crippen molar-refractivity contribution in [3.63, 3.8) is 0 Å². The molecule has 41 heavy (non-hydrogen) atoms. The summed E-state index contributed by atoms with van der Waals surface area (Å²) in [5.41, 5.74) is 1.14. The first-order valence-corrected chi connectivity index (χ1v) is 17.0. The van der Waals surface area contributed by atoms with Crippen molar-refractivity contribution < 1.29 is 9.59 Å². The predicted octanol–water partition coefficient (Wildman–Crippen LogP) is 5.60. The molecule has 3 aliphatic heterocycles. The fourth-order valence-corrected chi connectivity index (χ4v) is 8.21.